The molecule has 0 aliphatic carbocycles. The van der Waals surface area contributed by atoms with Gasteiger partial charge in [0.05, 0.1) is 18.8 Å². The third kappa shape index (κ3) is 5.79. The Hall–Kier alpha value is -3.28. The molecule has 1 amide bonds. The molecule has 34 heavy (non-hydrogen) atoms. The number of nitrogen functional groups attached to an aromatic ring is 1. The SMILES string of the molecule is CN(c1nc(-c2cnc(N)nc2)nc(N2CCOCC2)n1)C1CCN(C(=O)OC(C)(C)C)CC1. The summed E-state index contributed by atoms with van der Waals surface area (Å²) < 4.78 is 11.0. The third-order valence-electron chi connectivity index (χ3n) is 5.82. The predicted molar refractivity (Wildman–Crippen MR) is 128 cm³/mol. The van der Waals surface area contributed by atoms with E-state index in [4.69, 9.17) is 25.2 Å². The molecule has 12 nitrogen and oxygen atoms in total. The maximum Gasteiger partial charge on any atom is 0.410 e. The van der Waals surface area contributed by atoms with Gasteiger partial charge in [0.1, 0.15) is 5.60 Å². The van der Waals surface area contributed by atoms with E-state index in [-0.39, 0.29) is 18.1 Å². The number of hydrogen-bond donors (Lipinski definition) is 1. The van der Waals surface area contributed by atoms with Gasteiger partial charge in [-0.1, -0.05) is 0 Å². The van der Waals surface area contributed by atoms with Crippen LogP contribution < -0.4 is 15.5 Å². The Balaban J connectivity index is 1.53. The summed E-state index contributed by atoms with van der Waals surface area (Å²) in [5, 5.41) is 0. The summed E-state index contributed by atoms with van der Waals surface area (Å²) >= 11 is 0. The summed E-state index contributed by atoms with van der Waals surface area (Å²) in [5.74, 6) is 1.85. The van der Waals surface area contributed by atoms with E-state index in [0.717, 1.165) is 12.8 Å². The number of nitrogens with two attached hydrogens (primary N) is 1. The lowest BCUT2D eigenvalue weighted by Crippen LogP contribution is -2.47. The largest absolute Gasteiger partial charge is 0.444 e. The molecule has 0 saturated carbocycles. The van der Waals surface area contributed by atoms with Crippen LogP contribution in [-0.2, 0) is 9.47 Å². The van der Waals surface area contributed by atoms with E-state index in [0.29, 0.717) is 62.7 Å². The number of ether oxygens (including phenoxy) is 2. The Labute approximate surface area is 199 Å². The third-order valence-corrected chi connectivity index (χ3v) is 5.82. The smallest absolute Gasteiger partial charge is 0.410 e. The Morgan fingerprint density at radius 1 is 1.09 bits per heavy atom. The molecule has 2 aromatic rings. The molecule has 0 unspecified atom stereocenters. The van der Waals surface area contributed by atoms with Gasteiger partial charge in [-0.05, 0) is 33.6 Å². The molecule has 12 heteroatoms. The van der Waals surface area contributed by atoms with Crippen LogP contribution in [0.4, 0.5) is 22.6 Å². The highest BCUT2D eigenvalue weighted by Crippen LogP contribution is 2.25. The molecule has 4 heterocycles. The van der Waals surface area contributed by atoms with Crippen molar-refractivity contribution in [1.29, 1.82) is 0 Å². The van der Waals surface area contributed by atoms with Crippen LogP contribution in [0.3, 0.4) is 0 Å². The van der Waals surface area contributed by atoms with Crippen molar-refractivity contribution < 1.29 is 14.3 Å². The van der Waals surface area contributed by atoms with Crippen LogP contribution in [0.15, 0.2) is 12.4 Å². The van der Waals surface area contributed by atoms with Crippen LogP contribution in [0.1, 0.15) is 33.6 Å². The minimum atomic E-state index is -0.506. The number of hydrogen-bond acceptors (Lipinski definition) is 11. The Morgan fingerprint density at radius 3 is 2.35 bits per heavy atom. The number of piperidine rings is 1. The number of likely N-dealkylation sites (tertiary alicyclic amines) is 1. The van der Waals surface area contributed by atoms with Gasteiger partial charge in [0.15, 0.2) is 5.82 Å². The van der Waals surface area contributed by atoms with Crippen molar-refractivity contribution in [2.24, 2.45) is 0 Å². The lowest BCUT2D eigenvalue weighted by molar-refractivity contribution is 0.0205. The van der Waals surface area contributed by atoms with Crippen LogP contribution in [0.2, 0.25) is 0 Å². The van der Waals surface area contributed by atoms with Crippen molar-refractivity contribution in [1.82, 2.24) is 29.8 Å². The zero-order chi connectivity index (χ0) is 24.3. The van der Waals surface area contributed by atoms with Gasteiger partial charge < -0.3 is 29.9 Å². The summed E-state index contributed by atoms with van der Waals surface area (Å²) in [5.41, 5.74) is 5.81. The number of carbonyl (C=O) groups is 1. The fourth-order valence-electron chi connectivity index (χ4n) is 3.92. The summed E-state index contributed by atoms with van der Waals surface area (Å²) in [6.45, 7) is 9.53. The first kappa shape index (κ1) is 23.9. The number of morpholine rings is 1. The van der Waals surface area contributed by atoms with Crippen molar-refractivity contribution in [3.8, 4) is 11.4 Å². The molecular weight excluding hydrogens is 438 g/mol. The first-order chi connectivity index (χ1) is 16.2. The minimum Gasteiger partial charge on any atom is -0.444 e. The highest BCUT2D eigenvalue weighted by atomic mass is 16.6. The van der Waals surface area contributed by atoms with E-state index in [1.54, 1.807) is 17.3 Å². The average molecular weight is 472 g/mol. The molecule has 2 aliphatic rings. The number of rotatable bonds is 4. The van der Waals surface area contributed by atoms with Crippen molar-refractivity contribution in [2.45, 2.75) is 45.3 Å². The summed E-state index contributed by atoms with van der Waals surface area (Å²) in [7, 11) is 1.98. The standard InChI is InChI=1S/C22H33N9O3/c1-22(2,3)34-21(32)31-7-5-16(6-8-31)29(4)19-26-17(15-13-24-18(23)25-14-15)27-20(28-19)30-9-11-33-12-10-30/h13-14,16H,5-12H2,1-4H3,(H2,23,24,25). The minimum absolute atomic E-state index is 0.175. The predicted octanol–water partition coefficient (Wildman–Crippen LogP) is 1.58. The van der Waals surface area contributed by atoms with Gasteiger partial charge in [-0.15, -0.1) is 0 Å². The van der Waals surface area contributed by atoms with Gasteiger partial charge >= 0.3 is 6.09 Å². The second-order valence-corrected chi connectivity index (χ2v) is 9.50. The van der Waals surface area contributed by atoms with Crippen molar-refractivity contribution in [3.63, 3.8) is 0 Å². The zero-order valence-electron chi connectivity index (χ0n) is 20.3. The lowest BCUT2D eigenvalue weighted by atomic mass is 10.0. The first-order valence-electron chi connectivity index (χ1n) is 11.6. The molecule has 2 aromatic heterocycles. The van der Waals surface area contributed by atoms with Crippen molar-refractivity contribution in [3.05, 3.63) is 12.4 Å². The normalized spacial score (nSPS) is 17.5. The molecule has 2 aliphatic heterocycles. The highest BCUT2D eigenvalue weighted by Gasteiger charge is 2.30. The molecule has 0 aromatic carbocycles. The molecule has 4 rings (SSSR count). The molecule has 2 saturated heterocycles. The Morgan fingerprint density at radius 2 is 1.74 bits per heavy atom. The monoisotopic (exact) mass is 471 g/mol. The van der Waals surface area contributed by atoms with E-state index in [2.05, 4.69) is 24.8 Å². The van der Waals surface area contributed by atoms with Crippen molar-refractivity contribution >= 4 is 23.9 Å². The molecule has 0 bridgehead atoms. The highest BCUT2D eigenvalue weighted by molar-refractivity contribution is 5.68. The maximum atomic E-state index is 12.4. The quantitative estimate of drug-likeness (QED) is 0.696. The van der Waals surface area contributed by atoms with Gasteiger partial charge in [0.25, 0.3) is 0 Å². The van der Waals surface area contributed by atoms with Gasteiger partial charge in [-0.3, -0.25) is 0 Å². The topological polar surface area (TPSA) is 136 Å². The van der Waals surface area contributed by atoms with Gasteiger partial charge in [-0.2, -0.15) is 15.0 Å². The molecule has 0 radical (unpaired) electrons. The Bertz CT molecular complexity index is 982. The summed E-state index contributed by atoms with van der Waals surface area (Å²) in [6.07, 6.45) is 4.53. The van der Waals surface area contributed by atoms with Crippen LogP contribution >= 0.6 is 0 Å². The number of nitrogens with zero attached hydrogens (tertiary/aromatic N) is 8. The summed E-state index contributed by atoms with van der Waals surface area (Å²) in [4.78, 5) is 40.7. The van der Waals surface area contributed by atoms with Gasteiger partial charge in [-0.25, -0.2) is 14.8 Å². The molecular formula is C22H33N9O3. The number of anilines is 3. The van der Waals surface area contributed by atoms with E-state index >= 15 is 0 Å². The summed E-state index contributed by atoms with van der Waals surface area (Å²) in [6, 6.07) is 0.175. The second kappa shape index (κ2) is 9.92. The second-order valence-electron chi connectivity index (χ2n) is 9.50. The fourth-order valence-corrected chi connectivity index (χ4v) is 3.92. The van der Waals surface area contributed by atoms with E-state index in [1.165, 1.54) is 0 Å². The van der Waals surface area contributed by atoms with Crippen LogP contribution in [0.25, 0.3) is 11.4 Å². The van der Waals surface area contributed by atoms with E-state index in [9.17, 15) is 4.79 Å². The lowest BCUT2D eigenvalue weighted by Gasteiger charge is -2.37. The molecule has 2 N–H and O–H groups in total. The van der Waals surface area contributed by atoms with Crippen LogP contribution in [0, 0.1) is 0 Å². The van der Waals surface area contributed by atoms with E-state index in [1.807, 2.05) is 27.8 Å². The first-order valence-corrected chi connectivity index (χ1v) is 11.6. The number of amides is 1. The fraction of sp³-hybridized carbons (Fsp3) is 0.636. The van der Waals surface area contributed by atoms with Crippen LogP contribution in [0.5, 0.6) is 0 Å². The van der Waals surface area contributed by atoms with Crippen LogP contribution in [-0.4, -0.2) is 94.0 Å². The maximum absolute atomic E-state index is 12.4. The average Bonchev–Trinajstić information content (AvgIpc) is 2.83. The van der Waals surface area contributed by atoms with E-state index < -0.39 is 5.60 Å². The molecule has 0 atom stereocenters. The molecule has 0 spiro atoms. The zero-order valence-corrected chi connectivity index (χ0v) is 20.3. The number of aromatic nitrogens is 5. The van der Waals surface area contributed by atoms with Gasteiger partial charge in [0.2, 0.25) is 17.8 Å². The van der Waals surface area contributed by atoms with Crippen molar-refractivity contribution in [2.75, 3.05) is 62.0 Å². The van der Waals surface area contributed by atoms with Gasteiger partial charge in [0, 0.05) is 51.7 Å². The number of carbonyl (C=O) groups excluding carboxylic acids is 1. The Kier molecular flexibility index (Phi) is 6.96. The molecule has 2 fully saturated rings. The molecule has 184 valence electrons.